The van der Waals surface area contributed by atoms with Crippen LogP contribution in [0.15, 0.2) is 30.6 Å². The summed E-state index contributed by atoms with van der Waals surface area (Å²) in [4.78, 5) is 7.23. The Morgan fingerprint density at radius 2 is 2.17 bits per heavy atom. The summed E-state index contributed by atoms with van der Waals surface area (Å²) in [6.07, 6.45) is 6.94. The number of β-amino-alcohol motifs (C(OH)–C–C–N with tert-alkyl or cyclic N) is 1. The van der Waals surface area contributed by atoms with Crippen molar-refractivity contribution in [2.24, 2.45) is 13.0 Å². The molecule has 3 aliphatic rings. The fraction of sp³-hybridized carbons (Fsp3) is 0.619. The lowest BCUT2D eigenvalue weighted by Gasteiger charge is -2.38. The number of hydrogen-bond acceptors (Lipinski definition) is 7. The Hall–Kier alpha value is -2.00. The first-order valence-electron chi connectivity index (χ1n) is 10.7. The van der Waals surface area contributed by atoms with Crippen LogP contribution in [0.2, 0.25) is 0 Å². The van der Waals surface area contributed by atoms with E-state index in [4.69, 9.17) is 4.98 Å². The molecule has 5 atom stereocenters. The van der Waals surface area contributed by atoms with Crippen molar-refractivity contribution in [2.75, 3.05) is 24.5 Å². The second-order valence-electron chi connectivity index (χ2n) is 9.12. The normalized spacial score (nSPS) is 34.9. The summed E-state index contributed by atoms with van der Waals surface area (Å²) in [6.45, 7) is 4.42. The zero-order chi connectivity index (χ0) is 20.0. The molecule has 2 aromatic heterocycles. The molecule has 156 valence electrons. The van der Waals surface area contributed by atoms with E-state index in [1.54, 1.807) is 0 Å². The fourth-order valence-electron chi connectivity index (χ4n) is 5.14. The van der Waals surface area contributed by atoms with Gasteiger partial charge < -0.3 is 15.3 Å². The van der Waals surface area contributed by atoms with Crippen LogP contribution in [0.25, 0.3) is 0 Å². The first-order chi connectivity index (χ1) is 14.0. The number of aromatic nitrogens is 3. The maximum Gasteiger partial charge on any atom is 0.128 e. The summed E-state index contributed by atoms with van der Waals surface area (Å²) >= 11 is 0. The number of nitrogens with zero attached hydrogens (tertiary/aromatic N) is 4. The zero-order valence-corrected chi connectivity index (χ0v) is 17.2. The smallest absolute Gasteiger partial charge is 0.128 e. The zero-order valence-electron chi connectivity index (χ0n) is 17.2. The summed E-state index contributed by atoms with van der Waals surface area (Å²) in [5, 5.41) is 18.5. The molecule has 5 rings (SSSR count). The van der Waals surface area contributed by atoms with Gasteiger partial charge in [0.15, 0.2) is 0 Å². The van der Waals surface area contributed by atoms with Crippen LogP contribution in [0.5, 0.6) is 0 Å². The summed E-state index contributed by atoms with van der Waals surface area (Å²) in [7, 11) is 1.96. The van der Waals surface area contributed by atoms with Crippen molar-refractivity contribution in [1.82, 2.24) is 30.9 Å². The lowest BCUT2D eigenvalue weighted by molar-refractivity contribution is 0.0447. The number of rotatable bonds is 3. The van der Waals surface area contributed by atoms with Gasteiger partial charge in [0.05, 0.1) is 23.5 Å². The van der Waals surface area contributed by atoms with Gasteiger partial charge in [0.2, 0.25) is 0 Å². The average Bonchev–Trinajstić information content (AvgIpc) is 3.33. The van der Waals surface area contributed by atoms with Crippen LogP contribution in [0.1, 0.15) is 49.5 Å². The van der Waals surface area contributed by atoms with Crippen LogP contribution in [-0.2, 0) is 7.05 Å². The number of hydrazine groups is 1. The van der Waals surface area contributed by atoms with Crippen LogP contribution in [0, 0.1) is 5.92 Å². The minimum atomic E-state index is -0.639. The third-order valence-electron chi connectivity index (χ3n) is 6.66. The molecule has 3 aliphatic heterocycles. The second-order valence-corrected chi connectivity index (χ2v) is 9.12. The van der Waals surface area contributed by atoms with Crippen LogP contribution >= 0.6 is 0 Å². The molecule has 0 spiro atoms. The SMILES string of the molecule is Cn1cc(C2CC3C(CN2)NNC3c2cccc(N3CCCC(C)(O)C3)n2)cn1. The molecule has 5 heterocycles. The molecule has 0 saturated carbocycles. The predicted molar refractivity (Wildman–Crippen MR) is 111 cm³/mol. The third kappa shape index (κ3) is 3.77. The van der Waals surface area contributed by atoms with Crippen molar-refractivity contribution in [1.29, 1.82) is 0 Å². The van der Waals surface area contributed by atoms with Gasteiger partial charge in [-0.1, -0.05) is 6.07 Å². The van der Waals surface area contributed by atoms with Gasteiger partial charge in [-0.2, -0.15) is 5.10 Å². The highest BCUT2D eigenvalue weighted by Gasteiger charge is 2.42. The molecule has 3 saturated heterocycles. The van der Waals surface area contributed by atoms with Gasteiger partial charge in [0, 0.05) is 56.4 Å². The van der Waals surface area contributed by atoms with E-state index in [1.807, 2.05) is 24.9 Å². The summed E-state index contributed by atoms with van der Waals surface area (Å²) in [5.74, 6) is 1.42. The van der Waals surface area contributed by atoms with E-state index in [1.165, 1.54) is 5.56 Å². The quantitative estimate of drug-likeness (QED) is 0.615. The molecular weight excluding hydrogens is 366 g/mol. The van der Waals surface area contributed by atoms with Crippen molar-refractivity contribution < 1.29 is 5.11 Å². The van der Waals surface area contributed by atoms with E-state index in [-0.39, 0.29) is 6.04 Å². The van der Waals surface area contributed by atoms with E-state index in [9.17, 15) is 5.11 Å². The average molecular weight is 398 g/mol. The van der Waals surface area contributed by atoms with E-state index in [0.717, 1.165) is 43.9 Å². The molecule has 3 fully saturated rings. The lowest BCUT2D eigenvalue weighted by Crippen LogP contribution is -2.46. The van der Waals surface area contributed by atoms with Crippen LogP contribution in [0.3, 0.4) is 0 Å². The van der Waals surface area contributed by atoms with Crippen molar-refractivity contribution in [2.45, 2.75) is 49.9 Å². The molecule has 29 heavy (non-hydrogen) atoms. The van der Waals surface area contributed by atoms with Crippen LogP contribution in [0.4, 0.5) is 5.82 Å². The van der Waals surface area contributed by atoms with Gasteiger partial charge >= 0.3 is 0 Å². The van der Waals surface area contributed by atoms with E-state index >= 15 is 0 Å². The van der Waals surface area contributed by atoms with Crippen LogP contribution < -0.4 is 21.1 Å². The summed E-state index contributed by atoms with van der Waals surface area (Å²) < 4.78 is 1.87. The van der Waals surface area contributed by atoms with Crippen molar-refractivity contribution >= 4 is 5.82 Å². The number of pyridine rings is 1. The Morgan fingerprint density at radius 1 is 1.28 bits per heavy atom. The summed E-state index contributed by atoms with van der Waals surface area (Å²) in [5.41, 5.74) is 8.64. The van der Waals surface area contributed by atoms with Crippen molar-refractivity contribution in [3.63, 3.8) is 0 Å². The Balaban J connectivity index is 1.35. The van der Waals surface area contributed by atoms with Crippen LogP contribution in [-0.4, -0.2) is 51.1 Å². The molecule has 8 nitrogen and oxygen atoms in total. The molecule has 0 bridgehead atoms. The molecule has 0 amide bonds. The molecule has 0 aromatic carbocycles. The topological polar surface area (TPSA) is 90.3 Å². The number of fused-ring (bicyclic) bond motifs is 1. The predicted octanol–water partition coefficient (Wildman–Crippen LogP) is 1.03. The highest BCUT2D eigenvalue weighted by molar-refractivity contribution is 5.41. The molecule has 2 aromatic rings. The van der Waals surface area contributed by atoms with E-state index in [0.29, 0.717) is 24.5 Å². The standard InChI is InChI=1S/C21H31N7O/c1-21(29)7-4-8-28(13-21)19-6-3-5-16(24-19)20-15-9-17(14-10-23-27(2)12-14)22-11-18(15)25-26-20/h3,5-6,10,12,15,17-18,20,22,25-26,29H,4,7-9,11,13H2,1-2H3. The number of aliphatic hydroxyl groups is 1. The van der Waals surface area contributed by atoms with Crippen molar-refractivity contribution in [3.8, 4) is 0 Å². The second kappa shape index (κ2) is 7.36. The highest BCUT2D eigenvalue weighted by Crippen LogP contribution is 2.38. The maximum atomic E-state index is 10.5. The number of aryl methyl sites for hydroxylation is 1. The monoisotopic (exact) mass is 397 g/mol. The van der Waals surface area contributed by atoms with Gasteiger partial charge in [0.25, 0.3) is 0 Å². The molecular formula is C21H31N7O. The highest BCUT2D eigenvalue weighted by atomic mass is 16.3. The maximum absolute atomic E-state index is 10.5. The first kappa shape index (κ1) is 19.0. The van der Waals surface area contributed by atoms with Gasteiger partial charge in [0.1, 0.15) is 5.82 Å². The number of nitrogens with one attached hydrogen (secondary N) is 3. The van der Waals surface area contributed by atoms with E-state index in [2.05, 4.69) is 50.6 Å². The Kier molecular flexibility index (Phi) is 4.82. The molecule has 0 aliphatic carbocycles. The molecule has 5 unspecified atom stereocenters. The summed E-state index contributed by atoms with van der Waals surface area (Å²) in [6, 6.07) is 7.14. The number of anilines is 1. The van der Waals surface area contributed by atoms with Crippen molar-refractivity contribution in [3.05, 3.63) is 41.9 Å². The Bertz CT molecular complexity index is 866. The Morgan fingerprint density at radius 3 is 2.97 bits per heavy atom. The minimum Gasteiger partial charge on any atom is -0.388 e. The minimum absolute atomic E-state index is 0.173. The number of piperidine rings is 2. The molecule has 0 radical (unpaired) electrons. The van der Waals surface area contributed by atoms with Gasteiger partial charge in [-0.15, -0.1) is 0 Å². The van der Waals surface area contributed by atoms with E-state index < -0.39 is 5.60 Å². The third-order valence-corrected chi connectivity index (χ3v) is 6.66. The largest absolute Gasteiger partial charge is 0.388 e. The van der Waals surface area contributed by atoms with Gasteiger partial charge in [-0.05, 0) is 38.3 Å². The van der Waals surface area contributed by atoms with Gasteiger partial charge in [-0.3, -0.25) is 10.1 Å². The first-order valence-corrected chi connectivity index (χ1v) is 10.7. The number of hydrogen-bond donors (Lipinski definition) is 4. The molecule has 4 N–H and O–H groups in total. The van der Waals surface area contributed by atoms with Gasteiger partial charge in [-0.25, -0.2) is 10.4 Å². The Labute approximate surface area is 171 Å². The molecule has 8 heteroatoms. The lowest BCUT2D eigenvalue weighted by atomic mass is 9.82. The fourth-order valence-corrected chi connectivity index (χ4v) is 5.14.